The van der Waals surface area contributed by atoms with Crippen LogP contribution in [0.15, 0.2) is 59.5 Å². The van der Waals surface area contributed by atoms with Gasteiger partial charge in [-0.3, -0.25) is 4.79 Å². The number of carbonyl (C=O) groups excluding carboxylic acids is 1. The van der Waals surface area contributed by atoms with Gasteiger partial charge in [0.2, 0.25) is 15.9 Å². The van der Waals surface area contributed by atoms with Gasteiger partial charge in [0.05, 0.1) is 11.6 Å². The van der Waals surface area contributed by atoms with E-state index in [1.54, 1.807) is 17.0 Å². The highest BCUT2D eigenvalue weighted by molar-refractivity contribution is 7.89. The van der Waals surface area contributed by atoms with Gasteiger partial charge in [-0.25, -0.2) is 13.1 Å². The lowest BCUT2D eigenvalue weighted by molar-refractivity contribution is -0.132. The summed E-state index contributed by atoms with van der Waals surface area (Å²) in [6.07, 6.45) is 0. The zero-order valence-corrected chi connectivity index (χ0v) is 15.7. The Hall–Kier alpha value is -1.89. The third-order valence-corrected chi connectivity index (χ3v) is 5.58. The Morgan fingerprint density at radius 3 is 2.28 bits per heavy atom. The maximum atomic E-state index is 12.5. The summed E-state index contributed by atoms with van der Waals surface area (Å²) in [6.45, 7) is 3.89. The van der Waals surface area contributed by atoms with E-state index in [9.17, 15) is 13.2 Å². The predicted octanol–water partition coefficient (Wildman–Crippen LogP) is 3.06. The van der Waals surface area contributed by atoms with Crippen molar-refractivity contribution in [2.24, 2.45) is 0 Å². The van der Waals surface area contributed by atoms with E-state index in [-0.39, 0.29) is 28.4 Å². The molecule has 0 unspecified atom stereocenters. The largest absolute Gasteiger partial charge is 0.335 e. The van der Waals surface area contributed by atoms with Gasteiger partial charge in [0.25, 0.3) is 0 Å². The number of rotatable bonds is 7. The van der Waals surface area contributed by atoms with Crippen molar-refractivity contribution in [1.29, 1.82) is 0 Å². The van der Waals surface area contributed by atoms with E-state index in [2.05, 4.69) is 4.72 Å². The monoisotopic (exact) mass is 380 g/mol. The van der Waals surface area contributed by atoms with Gasteiger partial charge in [0, 0.05) is 12.6 Å². The fraction of sp³-hybridized carbons (Fsp3) is 0.278. The topological polar surface area (TPSA) is 66.5 Å². The van der Waals surface area contributed by atoms with Crippen molar-refractivity contribution in [1.82, 2.24) is 9.62 Å². The number of amides is 1. The number of sulfonamides is 1. The summed E-state index contributed by atoms with van der Waals surface area (Å²) in [6, 6.07) is 15.6. The fourth-order valence-corrected chi connectivity index (χ4v) is 3.83. The van der Waals surface area contributed by atoms with Gasteiger partial charge in [-0.05, 0) is 31.5 Å². The molecule has 0 fully saturated rings. The number of carbonyl (C=O) groups is 1. The zero-order chi connectivity index (χ0) is 18.4. The first kappa shape index (κ1) is 19.4. The van der Waals surface area contributed by atoms with Gasteiger partial charge in [-0.2, -0.15) is 0 Å². The summed E-state index contributed by atoms with van der Waals surface area (Å²) in [5.41, 5.74) is 0.985. The molecule has 0 aromatic heterocycles. The van der Waals surface area contributed by atoms with Crippen LogP contribution in [0.25, 0.3) is 0 Å². The summed E-state index contributed by atoms with van der Waals surface area (Å²) in [5.74, 6) is -0.297. The van der Waals surface area contributed by atoms with Gasteiger partial charge in [0.15, 0.2) is 0 Å². The molecule has 0 heterocycles. The second-order valence-electron chi connectivity index (χ2n) is 5.86. The first-order chi connectivity index (χ1) is 11.8. The Balaban J connectivity index is 2.07. The first-order valence-electron chi connectivity index (χ1n) is 7.89. The van der Waals surface area contributed by atoms with E-state index in [1.807, 2.05) is 44.2 Å². The van der Waals surface area contributed by atoms with Gasteiger partial charge >= 0.3 is 0 Å². The normalized spacial score (nSPS) is 11.5. The molecular formula is C18H21ClN2O3S. The average Bonchev–Trinajstić information content (AvgIpc) is 2.58. The lowest BCUT2D eigenvalue weighted by atomic mass is 10.2. The van der Waals surface area contributed by atoms with E-state index in [1.165, 1.54) is 12.1 Å². The van der Waals surface area contributed by atoms with Gasteiger partial charge < -0.3 is 4.90 Å². The number of halogens is 1. The zero-order valence-electron chi connectivity index (χ0n) is 14.1. The SMILES string of the molecule is CC(C)N(Cc1ccccc1)C(=O)CNS(=O)(=O)c1ccccc1Cl. The summed E-state index contributed by atoms with van der Waals surface area (Å²) in [5, 5.41) is 0.118. The molecule has 0 radical (unpaired) electrons. The molecule has 5 nitrogen and oxygen atoms in total. The second kappa shape index (κ2) is 8.47. The van der Waals surface area contributed by atoms with Crippen LogP contribution in [0.5, 0.6) is 0 Å². The van der Waals surface area contributed by atoms with Crippen molar-refractivity contribution in [2.75, 3.05) is 6.54 Å². The molecule has 2 rings (SSSR count). The minimum absolute atomic E-state index is 0.0383. The molecule has 0 saturated heterocycles. The summed E-state index contributed by atoms with van der Waals surface area (Å²) in [4.78, 5) is 14.1. The van der Waals surface area contributed by atoms with Crippen LogP contribution in [0.1, 0.15) is 19.4 Å². The van der Waals surface area contributed by atoms with Crippen molar-refractivity contribution in [3.8, 4) is 0 Å². The molecule has 0 aliphatic carbocycles. The van der Waals surface area contributed by atoms with Crippen LogP contribution in [0, 0.1) is 0 Å². The Labute approximate surface area is 153 Å². The van der Waals surface area contributed by atoms with E-state index in [0.717, 1.165) is 5.56 Å². The molecule has 2 aromatic rings. The Kier molecular flexibility index (Phi) is 6.58. The highest BCUT2D eigenvalue weighted by Gasteiger charge is 2.22. The molecule has 1 N–H and O–H groups in total. The van der Waals surface area contributed by atoms with E-state index in [4.69, 9.17) is 11.6 Å². The Morgan fingerprint density at radius 1 is 1.08 bits per heavy atom. The second-order valence-corrected chi connectivity index (χ2v) is 8.00. The molecule has 2 aromatic carbocycles. The summed E-state index contributed by atoms with van der Waals surface area (Å²) in [7, 11) is -3.85. The molecule has 0 spiro atoms. The van der Waals surface area contributed by atoms with Crippen molar-refractivity contribution in [3.63, 3.8) is 0 Å². The van der Waals surface area contributed by atoms with Crippen LogP contribution in [0.4, 0.5) is 0 Å². The lowest BCUT2D eigenvalue weighted by Gasteiger charge is -2.27. The Morgan fingerprint density at radius 2 is 1.68 bits per heavy atom. The minimum Gasteiger partial charge on any atom is -0.335 e. The molecule has 0 aliphatic heterocycles. The summed E-state index contributed by atoms with van der Waals surface area (Å²) >= 11 is 5.93. The first-order valence-corrected chi connectivity index (χ1v) is 9.75. The van der Waals surface area contributed by atoms with Crippen molar-refractivity contribution >= 4 is 27.5 Å². The predicted molar refractivity (Wildman–Crippen MR) is 98.8 cm³/mol. The van der Waals surface area contributed by atoms with Crippen molar-refractivity contribution in [2.45, 2.75) is 31.3 Å². The molecule has 25 heavy (non-hydrogen) atoms. The van der Waals surface area contributed by atoms with Gasteiger partial charge in [-0.1, -0.05) is 54.1 Å². The van der Waals surface area contributed by atoms with Crippen LogP contribution in [0.3, 0.4) is 0 Å². The third-order valence-electron chi connectivity index (χ3n) is 3.68. The van der Waals surface area contributed by atoms with E-state index >= 15 is 0 Å². The molecule has 0 atom stereocenters. The van der Waals surface area contributed by atoms with Crippen LogP contribution >= 0.6 is 11.6 Å². The smallest absolute Gasteiger partial charge is 0.242 e. The maximum Gasteiger partial charge on any atom is 0.242 e. The van der Waals surface area contributed by atoms with Gasteiger partial charge in [0.1, 0.15) is 4.90 Å². The number of benzene rings is 2. The van der Waals surface area contributed by atoms with E-state index in [0.29, 0.717) is 6.54 Å². The number of nitrogens with one attached hydrogen (secondary N) is 1. The molecule has 0 saturated carbocycles. The minimum atomic E-state index is -3.85. The van der Waals surface area contributed by atoms with Crippen LogP contribution in [-0.4, -0.2) is 31.8 Å². The van der Waals surface area contributed by atoms with Crippen LogP contribution < -0.4 is 4.72 Å². The number of hydrogen-bond acceptors (Lipinski definition) is 3. The summed E-state index contributed by atoms with van der Waals surface area (Å²) < 4.78 is 27.0. The van der Waals surface area contributed by atoms with Crippen LogP contribution in [-0.2, 0) is 21.4 Å². The van der Waals surface area contributed by atoms with Crippen molar-refractivity contribution in [3.05, 3.63) is 65.2 Å². The van der Waals surface area contributed by atoms with E-state index < -0.39 is 10.0 Å². The molecule has 134 valence electrons. The lowest BCUT2D eigenvalue weighted by Crippen LogP contribution is -2.43. The quantitative estimate of drug-likeness (QED) is 0.802. The van der Waals surface area contributed by atoms with Gasteiger partial charge in [-0.15, -0.1) is 0 Å². The van der Waals surface area contributed by atoms with Crippen molar-refractivity contribution < 1.29 is 13.2 Å². The molecule has 0 aliphatic rings. The molecular weight excluding hydrogens is 360 g/mol. The molecule has 0 bridgehead atoms. The standard InChI is InChI=1S/C18H21ClN2O3S/c1-14(2)21(13-15-8-4-3-5-9-15)18(22)12-20-25(23,24)17-11-7-6-10-16(17)19/h3-11,14,20H,12-13H2,1-2H3. The third kappa shape index (κ3) is 5.29. The molecule has 7 heteroatoms. The number of hydrogen-bond donors (Lipinski definition) is 1. The highest BCUT2D eigenvalue weighted by Crippen LogP contribution is 2.20. The number of nitrogens with zero attached hydrogens (tertiary/aromatic N) is 1. The fourth-order valence-electron chi connectivity index (χ4n) is 2.34. The van der Waals surface area contributed by atoms with Crippen LogP contribution in [0.2, 0.25) is 5.02 Å². The maximum absolute atomic E-state index is 12.5. The molecule has 1 amide bonds. The Bertz CT molecular complexity index is 823. The highest BCUT2D eigenvalue weighted by atomic mass is 35.5. The average molecular weight is 381 g/mol.